The van der Waals surface area contributed by atoms with Crippen molar-refractivity contribution in [3.63, 3.8) is 0 Å². The average Bonchev–Trinajstić information content (AvgIpc) is 3.40. The molecule has 2 aliphatic rings. The van der Waals surface area contributed by atoms with Gasteiger partial charge in [0.05, 0.1) is 23.9 Å². The van der Waals surface area contributed by atoms with E-state index in [4.69, 9.17) is 19.6 Å². The van der Waals surface area contributed by atoms with Crippen molar-refractivity contribution in [1.29, 1.82) is 0 Å². The Morgan fingerprint density at radius 2 is 2.09 bits per heavy atom. The Balaban J connectivity index is 1.47. The Morgan fingerprint density at radius 3 is 2.88 bits per heavy atom. The molecule has 0 radical (unpaired) electrons. The van der Waals surface area contributed by atoms with E-state index in [1.165, 1.54) is 0 Å². The number of carbonyl (C=O) groups is 1. The van der Waals surface area contributed by atoms with Gasteiger partial charge in [-0.1, -0.05) is 24.3 Å². The average molecular weight is 436 g/mol. The van der Waals surface area contributed by atoms with Crippen molar-refractivity contribution in [3.05, 3.63) is 47.7 Å². The predicted molar refractivity (Wildman–Crippen MR) is 121 cm³/mol. The summed E-state index contributed by atoms with van der Waals surface area (Å²) >= 11 is 0. The maximum atomic E-state index is 12.3. The fourth-order valence-corrected chi connectivity index (χ4v) is 4.42. The second kappa shape index (κ2) is 8.18. The maximum Gasteiger partial charge on any atom is 0.408 e. The molecule has 8 nitrogen and oxygen atoms in total. The molecule has 168 valence electrons. The summed E-state index contributed by atoms with van der Waals surface area (Å²) in [5.74, 6) is 0. The van der Waals surface area contributed by atoms with Gasteiger partial charge in [0.15, 0.2) is 0 Å². The molecule has 2 N–H and O–H groups in total. The molecule has 2 atom stereocenters. The van der Waals surface area contributed by atoms with Gasteiger partial charge in [-0.05, 0) is 57.7 Å². The molecule has 5 rings (SSSR count). The van der Waals surface area contributed by atoms with Gasteiger partial charge in [-0.2, -0.15) is 5.10 Å². The lowest BCUT2D eigenvalue weighted by molar-refractivity contribution is 0.0382. The van der Waals surface area contributed by atoms with Crippen LogP contribution < -0.4 is 10.6 Å². The Hall–Kier alpha value is -2.97. The lowest BCUT2D eigenvalue weighted by Crippen LogP contribution is -2.36. The van der Waals surface area contributed by atoms with E-state index in [2.05, 4.69) is 22.8 Å². The highest BCUT2D eigenvalue weighted by atomic mass is 16.6. The minimum Gasteiger partial charge on any atom is -0.444 e. The smallest absolute Gasteiger partial charge is 0.408 e. The molecule has 32 heavy (non-hydrogen) atoms. The van der Waals surface area contributed by atoms with Crippen LogP contribution in [0.25, 0.3) is 22.3 Å². The van der Waals surface area contributed by atoms with Crippen LogP contribution in [-0.2, 0) is 15.9 Å². The van der Waals surface area contributed by atoms with E-state index in [-0.39, 0.29) is 12.4 Å². The number of para-hydroxylation sites is 1. The summed E-state index contributed by atoms with van der Waals surface area (Å²) in [7, 11) is 0. The first-order chi connectivity index (χ1) is 15.4. The Morgan fingerprint density at radius 1 is 1.25 bits per heavy atom. The summed E-state index contributed by atoms with van der Waals surface area (Å²) in [6.45, 7) is 7.06. The van der Waals surface area contributed by atoms with Crippen LogP contribution in [0.4, 0.5) is 4.79 Å². The molecule has 2 aromatic heterocycles. The Labute approximate surface area is 187 Å². The third kappa shape index (κ3) is 4.08. The van der Waals surface area contributed by atoms with Gasteiger partial charge in [-0.25, -0.2) is 9.48 Å². The van der Waals surface area contributed by atoms with E-state index in [1.807, 2.05) is 49.7 Å². The number of nitrogens with one attached hydrogen (secondary N) is 2. The number of benzene rings is 1. The first-order valence-corrected chi connectivity index (χ1v) is 11.2. The minimum absolute atomic E-state index is 0.0967. The molecule has 3 heterocycles. The molecular formula is C24H29N5O3. The van der Waals surface area contributed by atoms with Crippen LogP contribution in [0.15, 0.2) is 36.4 Å². The van der Waals surface area contributed by atoms with E-state index < -0.39 is 11.7 Å². The SMILES string of the molecule is CC(C)(C)OC(=O)NC1CCCc2nc(-c3nn(C4NCCO4)c4ccccc34)ccc21. The second-order valence-corrected chi connectivity index (χ2v) is 9.31. The van der Waals surface area contributed by atoms with Gasteiger partial charge in [0.25, 0.3) is 0 Å². The molecule has 1 aromatic carbocycles. The highest BCUT2D eigenvalue weighted by Crippen LogP contribution is 2.34. The topological polar surface area (TPSA) is 90.3 Å². The zero-order valence-electron chi connectivity index (χ0n) is 18.7. The first-order valence-electron chi connectivity index (χ1n) is 11.2. The third-order valence-electron chi connectivity index (χ3n) is 5.76. The van der Waals surface area contributed by atoms with E-state index in [1.54, 1.807) is 0 Å². The lowest BCUT2D eigenvalue weighted by atomic mass is 9.91. The summed E-state index contributed by atoms with van der Waals surface area (Å²) in [4.78, 5) is 17.3. The van der Waals surface area contributed by atoms with Crippen LogP contribution in [0.5, 0.6) is 0 Å². The summed E-state index contributed by atoms with van der Waals surface area (Å²) < 4.78 is 13.1. The van der Waals surface area contributed by atoms with Gasteiger partial charge in [0.2, 0.25) is 6.35 Å². The van der Waals surface area contributed by atoms with Crippen LogP contribution in [0.2, 0.25) is 0 Å². The molecule has 0 spiro atoms. The summed E-state index contributed by atoms with van der Waals surface area (Å²) in [6, 6.07) is 12.1. The number of fused-ring (bicyclic) bond motifs is 2. The van der Waals surface area contributed by atoms with E-state index in [0.29, 0.717) is 6.61 Å². The molecule has 2 unspecified atom stereocenters. The predicted octanol–water partition coefficient (Wildman–Crippen LogP) is 4.08. The quantitative estimate of drug-likeness (QED) is 0.644. The Kier molecular flexibility index (Phi) is 5.35. The largest absolute Gasteiger partial charge is 0.444 e. The molecule has 0 bridgehead atoms. The normalized spacial score (nSPS) is 20.8. The highest BCUT2D eigenvalue weighted by molar-refractivity contribution is 5.92. The van der Waals surface area contributed by atoms with Crippen molar-refractivity contribution < 1.29 is 14.3 Å². The summed E-state index contributed by atoms with van der Waals surface area (Å²) in [5, 5.41) is 12.3. The first kappa shape index (κ1) is 20.9. The number of hydrogen-bond donors (Lipinski definition) is 2. The van der Waals surface area contributed by atoms with Gasteiger partial charge in [0, 0.05) is 17.6 Å². The maximum absolute atomic E-state index is 12.3. The van der Waals surface area contributed by atoms with Crippen molar-refractivity contribution in [2.45, 2.75) is 58.0 Å². The Bertz CT molecular complexity index is 1140. The van der Waals surface area contributed by atoms with Crippen molar-refractivity contribution in [2.24, 2.45) is 0 Å². The molecule has 0 saturated carbocycles. The molecule has 1 fully saturated rings. The number of aromatic nitrogens is 3. The number of hydrogen-bond acceptors (Lipinski definition) is 6. The van der Waals surface area contributed by atoms with Crippen LogP contribution in [0, 0.1) is 0 Å². The minimum atomic E-state index is -0.526. The molecule has 1 aliphatic carbocycles. The fourth-order valence-electron chi connectivity index (χ4n) is 4.42. The van der Waals surface area contributed by atoms with Gasteiger partial charge in [-0.15, -0.1) is 0 Å². The van der Waals surface area contributed by atoms with E-state index in [9.17, 15) is 4.79 Å². The lowest BCUT2D eigenvalue weighted by Gasteiger charge is -2.27. The fraction of sp³-hybridized carbons (Fsp3) is 0.458. The number of ether oxygens (including phenoxy) is 2. The highest BCUT2D eigenvalue weighted by Gasteiger charge is 2.27. The monoisotopic (exact) mass is 435 g/mol. The van der Waals surface area contributed by atoms with Gasteiger partial charge in [0.1, 0.15) is 11.3 Å². The molecule has 3 aromatic rings. The summed E-state index contributed by atoms with van der Waals surface area (Å²) in [5.41, 5.74) is 4.20. The molecule has 1 saturated heterocycles. The van der Waals surface area contributed by atoms with Crippen LogP contribution in [0.3, 0.4) is 0 Å². The standard InChI is InChI=1S/C24H29N5O3/c1-24(2,3)32-23(30)27-18-9-6-8-17-15(18)11-12-19(26-17)21-16-7-4-5-10-20(16)29(28-21)22-25-13-14-31-22/h4-5,7,10-12,18,22,25H,6,8-9,13-14H2,1-3H3,(H,27,30). The number of amides is 1. The number of alkyl carbamates (subject to hydrolysis) is 1. The number of pyridine rings is 1. The van der Waals surface area contributed by atoms with Gasteiger partial charge < -0.3 is 14.8 Å². The van der Waals surface area contributed by atoms with Gasteiger partial charge in [-0.3, -0.25) is 10.3 Å². The van der Waals surface area contributed by atoms with Crippen LogP contribution >= 0.6 is 0 Å². The number of aryl methyl sites for hydroxylation is 1. The number of nitrogens with zero attached hydrogens (tertiary/aromatic N) is 3. The second-order valence-electron chi connectivity index (χ2n) is 9.31. The molecule has 1 amide bonds. The van der Waals surface area contributed by atoms with E-state index in [0.717, 1.165) is 59.4 Å². The number of rotatable bonds is 3. The van der Waals surface area contributed by atoms with Crippen molar-refractivity contribution in [1.82, 2.24) is 25.4 Å². The molecule has 1 aliphatic heterocycles. The van der Waals surface area contributed by atoms with Crippen molar-refractivity contribution in [2.75, 3.05) is 13.2 Å². The zero-order chi connectivity index (χ0) is 22.3. The van der Waals surface area contributed by atoms with Crippen LogP contribution in [-0.4, -0.2) is 39.6 Å². The van der Waals surface area contributed by atoms with Crippen molar-refractivity contribution >= 4 is 17.0 Å². The number of carbonyl (C=O) groups excluding carboxylic acids is 1. The molecular weight excluding hydrogens is 406 g/mol. The molecule has 8 heteroatoms. The third-order valence-corrected chi connectivity index (χ3v) is 5.76. The van der Waals surface area contributed by atoms with Crippen LogP contribution in [0.1, 0.15) is 57.3 Å². The van der Waals surface area contributed by atoms with E-state index >= 15 is 0 Å². The van der Waals surface area contributed by atoms with Gasteiger partial charge >= 0.3 is 6.09 Å². The zero-order valence-corrected chi connectivity index (χ0v) is 18.7. The van der Waals surface area contributed by atoms with Crippen molar-refractivity contribution in [3.8, 4) is 11.4 Å². The summed E-state index contributed by atoms with van der Waals surface area (Å²) in [6.07, 6.45) is 2.04.